The molecule has 2 aromatic carbocycles. The van der Waals surface area contributed by atoms with Crippen molar-refractivity contribution in [1.29, 1.82) is 0 Å². The van der Waals surface area contributed by atoms with Gasteiger partial charge < -0.3 is 5.32 Å². The van der Waals surface area contributed by atoms with Crippen LogP contribution in [0.5, 0.6) is 0 Å². The van der Waals surface area contributed by atoms with Crippen LogP contribution in [0.1, 0.15) is 23.6 Å². The third-order valence-corrected chi connectivity index (χ3v) is 4.34. The van der Waals surface area contributed by atoms with E-state index in [2.05, 4.69) is 10.2 Å². The first-order valence-electron chi connectivity index (χ1n) is 7.70. The molecular weight excluding hydrogens is 299 g/mol. The molecule has 0 saturated carbocycles. The van der Waals surface area contributed by atoms with Crippen molar-refractivity contribution < 1.29 is 4.39 Å². The van der Waals surface area contributed by atoms with Crippen LogP contribution >= 0.6 is 11.6 Å². The van der Waals surface area contributed by atoms with Crippen molar-refractivity contribution in [1.82, 2.24) is 10.2 Å². The molecule has 1 fully saturated rings. The lowest BCUT2D eigenvalue weighted by molar-refractivity contribution is 0.240. The van der Waals surface area contributed by atoms with Gasteiger partial charge in [-0.25, -0.2) is 4.39 Å². The molecule has 3 rings (SSSR count). The first kappa shape index (κ1) is 15.5. The molecule has 22 heavy (non-hydrogen) atoms. The Hall–Kier alpha value is -1.42. The Labute approximate surface area is 135 Å². The molecule has 4 heteroatoms. The molecular formula is C18H20ClFN2. The third-order valence-electron chi connectivity index (χ3n) is 4.09. The smallest absolute Gasteiger partial charge is 0.123 e. The van der Waals surface area contributed by atoms with Crippen LogP contribution in [-0.2, 0) is 0 Å². The molecule has 1 saturated heterocycles. The quantitative estimate of drug-likeness (QED) is 0.924. The first-order valence-corrected chi connectivity index (χ1v) is 8.07. The van der Waals surface area contributed by atoms with E-state index in [4.69, 9.17) is 11.6 Å². The monoisotopic (exact) mass is 318 g/mol. The third kappa shape index (κ3) is 3.67. The highest BCUT2D eigenvalue weighted by Crippen LogP contribution is 2.30. The summed E-state index contributed by atoms with van der Waals surface area (Å²) in [5.74, 6) is -0.190. The normalized spacial score (nSPS) is 17.9. The summed E-state index contributed by atoms with van der Waals surface area (Å²) in [6.07, 6.45) is 1.10. The summed E-state index contributed by atoms with van der Waals surface area (Å²) in [6, 6.07) is 14.9. The molecule has 0 bridgehead atoms. The molecule has 1 N–H and O–H groups in total. The molecule has 0 spiro atoms. The number of halogens is 2. The molecule has 0 amide bonds. The van der Waals surface area contributed by atoms with Gasteiger partial charge in [0, 0.05) is 24.7 Å². The zero-order chi connectivity index (χ0) is 15.4. The maximum Gasteiger partial charge on any atom is 0.123 e. The molecule has 0 radical (unpaired) electrons. The van der Waals surface area contributed by atoms with Gasteiger partial charge in [0.2, 0.25) is 0 Å². The Morgan fingerprint density at radius 1 is 1.00 bits per heavy atom. The fourth-order valence-electron chi connectivity index (χ4n) is 3.06. The first-order chi connectivity index (χ1) is 10.7. The van der Waals surface area contributed by atoms with Crippen molar-refractivity contribution in [3.63, 3.8) is 0 Å². The summed E-state index contributed by atoms with van der Waals surface area (Å²) in [7, 11) is 0. The maximum atomic E-state index is 13.7. The average molecular weight is 319 g/mol. The van der Waals surface area contributed by atoms with Gasteiger partial charge in [0.15, 0.2) is 0 Å². The zero-order valence-corrected chi connectivity index (χ0v) is 13.2. The largest absolute Gasteiger partial charge is 0.315 e. The van der Waals surface area contributed by atoms with Crippen LogP contribution in [0.2, 0.25) is 5.02 Å². The molecule has 1 aliphatic rings. The maximum absolute atomic E-state index is 13.7. The van der Waals surface area contributed by atoms with Crippen molar-refractivity contribution in [2.75, 3.05) is 26.2 Å². The zero-order valence-electron chi connectivity index (χ0n) is 12.4. The van der Waals surface area contributed by atoms with Crippen molar-refractivity contribution in [3.8, 4) is 0 Å². The number of hydrogen-bond acceptors (Lipinski definition) is 2. The second-order valence-electron chi connectivity index (χ2n) is 5.65. The van der Waals surface area contributed by atoms with Crippen LogP contribution in [0.25, 0.3) is 0 Å². The van der Waals surface area contributed by atoms with E-state index in [1.165, 1.54) is 6.07 Å². The molecule has 1 aliphatic heterocycles. The highest BCUT2D eigenvalue weighted by Gasteiger charge is 2.23. The van der Waals surface area contributed by atoms with Gasteiger partial charge >= 0.3 is 0 Å². The molecule has 116 valence electrons. The van der Waals surface area contributed by atoms with E-state index in [1.807, 2.05) is 30.3 Å². The van der Waals surface area contributed by atoms with Gasteiger partial charge in [-0.15, -0.1) is 0 Å². The van der Waals surface area contributed by atoms with Gasteiger partial charge in [0.25, 0.3) is 0 Å². The Kier molecular flexibility index (Phi) is 5.08. The van der Waals surface area contributed by atoms with Gasteiger partial charge in [-0.2, -0.15) is 0 Å². The number of nitrogens with one attached hydrogen (secondary N) is 1. The lowest BCUT2D eigenvalue weighted by atomic mass is 9.96. The SMILES string of the molecule is Fc1cccc(C(c2ccc(Cl)cc2)N2CCCNCC2)c1. The van der Waals surface area contributed by atoms with Crippen LogP contribution in [0.15, 0.2) is 48.5 Å². The fraction of sp³-hybridized carbons (Fsp3) is 0.333. The Balaban J connectivity index is 1.99. The summed E-state index contributed by atoms with van der Waals surface area (Å²) in [5.41, 5.74) is 2.14. The standard InChI is InChI=1S/C18H20ClFN2/c19-16-7-5-14(6-8-16)18(15-3-1-4-17(20)13-15)22-11-2-9-21-10-12-22/h1,3-8,13,18,21H,2,9-12H2. The number of rotatable bonds is 3. The van der Waals surface area contributed by atoms with Crippen molar-refractivity contribution in [2.24, 2.45) is 0 Å². The summed E-state index contributed by atoms with van der Waals surface area (Å²) >= 11 is 6.02. The second kappa shape index (κ2) is 7.23. The Morgan fingerprint density at radius 2 is 1.82 bits per heavy atom. The highest BCUT2D eigenvalue weighted by atomic mass is 35.5. The molecule has 0 aromatic heterocycles. The minimum Gasteiger partial charge on any atom is -0.315 e. The van der Waals surface area contributed by atoms with Crippen molar-refractivity contribution in [2.45, 2.75) is 12.5 Å². The minimum absolute atomic E-state index is 0.0628. The lowest BCUT2D eigenvalue weighted by Gasteiger charge is -2.31. The topological polar surface area (TPSA) is 15.3 Å². The molecule has 1 atom stereocenters. The summed E-state index contributed by atoms with van der Waals surface area (Å²) in [6.45, 7) is 3.94. The Bertz CT molecular complexity index is 607. The number of benzene rings is 2. The van der Waals surface area contributed by atoms with E-state index in [-0.39, 0.29) is 11.9 Å². The number of nitrogens with zero attached hydrogens (tertiary/aromatic N) is 1. The van der Waals surface area contributed by atoms with E-state index in [1.54, 1.807) is 12.1 Å². The predicted octanol–water partition coefficient (Wildman–Crippen LogP) is 3.86. The summed E-state index contributed by atoms with van der Waals surface area (Å²) < 4.78 is 13.7. The second-order valence-corrected chi connectivity index (χ2v) is 6.09. The molecule has 1 unspecified atom stereocenters. The predicted molar refractivity (Wildman–Crippen MR) is 88.8 cm³/mol. The highest BCUT2D eigenvalue weighted by molar-refractivity contribution is 6.30. The molecule has 1 heterocycles. The fourth-order valence-corrected chi connectivity index (χ4v) is 3.19. The van der Waals surface area contributed by atoms with Crippen molar-refractivity contribution in [3.05, 3.63) is 70.5 Å². The summed E-state index contributed by atoms with van der Waals surface area (Å²) in [5, 5.41) is 4.14. The molecule has 2 nitrogen and oxygen atoms in total. The van der Waals surface area contributed by atoms with Gasteiger partial charge in [-0.1, -0.05) is 35.9 Å². The van der Waals surface area contributed by atoms with E-state index in [9.17, 15) is 4.39 Å². The van der Waals surface area contributed by atoms with Gasteiger partial charge in [-0.3, -0.25) is 4.90 Å². The van der Waals surface area contributed by atoms with Gasteiger partial charge in [0.1, 0.15) is 5.82 Å². The van der Waals surface area contributed by atoms with Crippen LogP contribution in [0.3, 0.4) is 0 Å². The van der Waals surface area contributed by atoms with Crippen LogP contribution in [0.4, 0.5) is 4.39 Å². The van der Waals surface area contributed by atoms with Gasteiger partial charge in [-0.05, 0) is 48.4 Å². The van der Waals surface area contributed by atoms with E-state index in [0.29, 0.717) is 0 Å². The summed E-state index contributed by atoms with van der Waals surface area (Å²) in [4.78, 5) is 2.41. The van der Waals surface area contributed by atoms with Crippen molar-refractivity contribution >= 4 is 11.6 Å². The van der Waals surface area contributed by atoms with Crippen LogP contribution in [-0.4, -0.2) is 31.1 Å². The molecule has 2 aromatic rings. The van der Waals surface area contributed by atoms with Crippen LogP contribution < -0.4 is 5.32 Å². The van der Waals surface area contributed by atoms with E-state index < -0.39 is 0 Å². The minimum atomic E-state index is -0.190. The van der Waals surface area contributed by atoms with E-state index in [0.717, 1.165) is 48.7 Å². The lowest BCUT2D eigenvalue weighted by Crippen LogP contribution is -2.33. The average Bonchev–Trinajstić information content (AvgIpc) is 2.79. The van der Waals surface area contributed by atoms with E-state index >= 15 is 0 Å². The number of hydrogen-bond donors (Lipinski definition) is 1. The van der Waals surface area contributed by atoms with Gasteiger partial charge in [0.05, 0.1) is 6.04 Å². The molecule has 0 aliphatic carbocycles. The Morgan fingerprint density at radius 3 is 2.59 bits per heavy atom. The van der Waals surface area contributed by atoms with Crippen LogP contribution in [0, 0.1) is 5.82 Å².